The van der Waals surface area contributed by atoms with Crippen LogP contribution in [0.25, 0.3) is 0 Å². The van der Waals surface area contributed by atoms with Crippen molar-refractivity contribution in [2.24, 2.45) is 0 Å². The van der Waals surface area contributed by atoms with Crippen molar-refractivity contribution < 1.29 is 18.9 Å². The third-order valence-electron chi connectivity index (χ3n) is 8.00. The number of nitrogens with zero attached hydrogens (tertiary/aromatic N) is 2. The fraction of sp³-hybridized carbons (Fsp3) is 0.553. The van der Waals surface area contributed by atoms with Crippen LogP contribution in [0.1, 0.15) is 128 Å². The molecule has 0 radical (unpaired) electrons. The minimum Gasteiger partial charge on any atom is -0.462 e. The summed E-state index contributed by atoms with van der Waals surface area (Å²) in [6.07, 6.45) is 2.49. The van der Waals surface area contributed by atoms with Crippen LogP contribution in [0, 0.1) is 0 Å². The Morgan fingerprint density at radius 2 is 1.20 bits per heavy atom. The molecule has 2 aromatic carbocycles. The van der Waals surface area contributed by atoms with Crippen LogP contribution in [-0.4, -0.2) is 29.9 Å². The number of aromatic nitrogens is 1. The molecule has 0 atom stereocenters. The van der Waals surface area contributed by atoms with Gasteiger partial charge in [-0.1, -0.05) is 119 Å². The number of benzene rings is 2. The highest BCUT2D eigenvalue weighted by Gasteiger charge is 2.25. The Kier molecular flexibility index (Phi) is 10.9. The molecular weight excluding hydrogens is 564 g/mol. The van der Waals surface area contributed by atoms with E-state index in [9.17, 15) is 9.59 Å². The molecule has 0 fully saturated rings. The van der Waals surface area contributed by atoms with Crippen LogP contribution >= 0.6 is 11.3 Å². The largest absolute Gasteiger partial charge is 0.462 e. The quantitative estimate of drug-likeness (QED) is 0.137. The predicted molar refractivity (Wildman–Crippen MR) is 183 cm³/mol. The van der Waals surface area contributed by atoms with Gasteiger partial charge in [0.15, 0.2) is 6.20 Å². The highest BCUT2D eigenvalue weighted by atomic mass is 32.1. The van der Waals surface area contributed by atoms with Crippen molar-refractivity contribution in [2.75, 3.05) is 13.2 Å². The van der Waals surface area contributed by atoms with E-state index in [0.29, 0.717) is 25.1 Å². The predicted octanol–water partition coefficient (Wildman–Crippen LogP) is 8.50. The molecular formula is C38H55N2O3S+. The average molecular weight is 620 g/mol. The average Bonchev–Trinajstić information content (AvgIpc) is 3.40. The van der Waals surface area contributed by atoms with Gasteiger partial charge in [-0.3, -0.25) is 4.79 Å². The summed E-state index contributed by atoms with van der Waals surface area (Å²) in [7, 11) is 0. The molecule has 0 unspecified atom stereocenters. The van der Waals surface area contributed by atoms with Gasteiger partial charge in [0.2, 0.25) is 12.1 Å². The molecule has 5 nitrogen and oxygen atoms in total. The van der Waals surface area contributed by atoms with Gasteiger partial charge in [-0.15, -0.1) is 0 Å². The van der Waals surface area contributed by atoms with E-state index < -0.39 is 0 Å². The van der Waals surface area contributed by atoms with E-state index in [-0.39, 0.29) is 46.7 Å². The molecule has 0 aliphatic rings. The van der Waals surface area contributed by atoms with Crippen molar-refractivity contribution in [3.8, 4) is 0 Å². The SMILES string of the molecule is CC(C)(C)c1cc(CN(CCCOC(=O)c2cc(C(C)(C)C)cc(C(C)(C)C)c2)C(=O)C[n+]2ccsc2)cc(C(C)(C)C)c1. The van der Waals surface area contributed by atoms with Crippen LogP contribution in [0.2, 0.25) is 0 Å². The maximum atomic E-state index is 13.6. The molecule has 1 heterocycles. The first-order valence-corrected chi connectivity index (χ1v) is 16.8. The second-order valence-electron chi connectivity index (χ2n) is 16.2. The van der Waals surface area contributed by atoms with Crippen molar-refractivity contribution in [1.82, 2.24) is 4.90 Å². The van der Waals surface area contributed by atoms with E-state index in [4.69, 9.17) is 4.74 Å². The van der Waals surface area contributed by atoms with E-state index in [0.717, 1.165) is 16.7 Å². The molecule has 1 amide bonds. The van der Waals surface area contributed by atoms with Gasteiger partial charge in [0, 0.05) is 13.1 Å². The summed E-state index contributed by atoms with van der Waals surface area (Å²) < 4.78 is 7.71. The zero-order valence-corrected chi connectivity index (χ0v) is 30.1. The third kappa shape index (κ3) is 10.0. The summed E-state index contributed by atoms with van der Waals surface area (Å²) in [5.74, 6) is -0.271. The highest BCUT2D eigenvalue weighted by molar-refractivity contribution is 7.07. The smallest absolute Gasteiger partial charge is 0.338 e. The molecule has 44 heavy (non-hydrogen) atoms. The fourth-order valence-corrected chi connectivity index (χ4v) is 5.48. The zero-order chi connectivity index (χ0) is 33.1. The number of amides is 1. The lowest BCUT2D eigenvalue weighted by Crippen LogP contribution is -2.43. The van der Waals surface area contributed by atoms with Crippen molar-refractivity contribution >= 4 is 23.2 Å². The maximum Gasteiger partial charge on any atom is 0.338 e. The minimum atomic E-state index is -0.319. The third-order valence-corrected chi connectivity index (χ3v) is 8.67. The molecule has 0 aliphatic heterocycles. The second kappa shape index (κ2) is 13.6. The lowest BCUT2D eigenvalue weighted by molar-refractivity contribution is -0.680. The number of rotatable bonds is 9. The summed E-state index contributed by atoms with van der Waals surface area (Å²) in [5.41, 5.74) is 8.22. The summed E-state index contributed by atoms with van der Waals surface area (Å²) in [4.78, 5) is 28.7. The maximum absolute atomic E-state index is 13.6. The Morgan fingerprint density at radius 1 is 0.727 bits per heavy atom. The number of ether oxygens (including phenoxy) is 1. The summed E-state index contributed by atoms with van der Waals surface area (Å²) in [6.45, 7) is 27.8. The summed E-state index contributed by atoms with van der Waals surface area (Å²) in [6, 6.07) is 12.9. The number of carbonyl (C=O) groups excluding carboxylic acids is 2. The van der Waals surface area contributed by atoms with Crippen LogP contribution in [0.15, 0.2) is 53.5 Å². The van der Waals surface area contributed by atoms with Crippen LogP contribution < -0.4 is 4.57 Å². The second-order valence-corrected chi connectivity index (χ2v) is 17.0. The van der Waals surface area contributed by atoms with Gasteiger partial charge in [-0.2, -0.15) is 4.57 Å². The monoisotopic (exact) mass is 619 g/mol. The molecule has 3 rings (SSSR count). The van der Waals surface area contributed by atoms with E-state index in [1.807, 2.05) is 38.7 Å². The van der Waals surface area contributed by atoms with Gasteiger partial charge in [0.25, 0.3) is 5.91 Å². The molecule has 1 aromatic heterocycles. The number of thiazole rings is 1. The fourth-order valence-electron chi connectivity index (χ4n) is 4.88. The van der Waals surface area contributed by atoms with E-state index >= 15 is 0 Å². The van der Waals surface area contributed by atoms with Gasteiger partial charge in [0.05, 0.1) is 17.6 Å². The van der Waals surface area contributed by atoms with Gasteiger partial charge in [-0.05, 0) is 68.0 Å². The molecule has 0 spiro atoms. The van der Waals surface area contributed by atoms with Crippen molar-refractivity contribution in [3.05, 3.63) is 86.9 Å². The molecule has 0 N–H and O–H groups in total. The first-order valence-electron chi connectivity index (χ1n) is 15.8. The van der Waals surface area contributed by atoms with E-state index in [2.05, 4.69) is 107 Å². The molecule has 0 bridgehead atoms. The van der Waals surface area contributed by atoms with Crippen LogP contribution in [-0.2, 0) is 44.3 Å². The number of hydrogen-bond donors (Lipinski definition) is 0. The first kappa shape index (κ1) is 35.5. The topological polar surface area (TPSA) is 50.5 Å². The normalized spacial score (nSPS) is 12.7. The summed E-state index contributed by atoms with van der Waals surface area (Å²) >= 11 is 1.57. The lowest BCUT2D eigenvalue weighted by atomic mass is 9.79. The van der Waals surface area contributed by atoms with Crippen molar-refractivity contribution in [3.63, 3.8) is 0 Å². The van der Waals surface area contributed by atoms with Crippen LogP contribution in [0.3, 0.4) is 0 Å². The number of esters is 1. The van der Waals surface area contributed by atoms with E-state index in [1.54, 1.807) is 11.3 Å². The first-order chi connectivity index (χ1) is 20.1. The Labute approximate surface area is 270 Å². The van der Waals surface area contributed by atoms with Crippen molar-refractivity contribution in [2.45, 2.75) is 124 Å². The van der Waals surface area contributed by atoms with Crippen molar-refractivity contribution in [1.29, 1.82) is 0 Å². The number of hydrogen-bond acceptors (Lipinski definition) is 4. The Morgan fingerprint density at radius 3 is 1.64 bits per heavy atom. The standard InChI is InChI=1S/C38H55N2O3S/c1-35(2,3)29-18-27(19-30(22-29)36(4,5)6)24-40(33(41)25-39-15-17-44-26-39)14-13-16-43-34(42)28-20-31(37(7,8)9)23-32(21-28)38(10,11)12/h15,17-23,26H,13-14,16,24-25H2,1-12H3/q+1. The van der Waals surface area contributed by atoms with Crippen LogP contribution in [0.4, 0.5) is 0 Å². The minimum absolute atomic E-state index is 0.0112. The Bertz CT molecular complexity index is 1360. The van der Waals surface area contributed by atoms with Gasteiger partial charge in [-0.25, -0.2) is 4.79 Å². The highest BCUT2D eigenvalue weighted by Crippen LogP contribution is 2.32. The molecule has 0 saturated heterocycles. The summed E-state index contributed by atoms with van der Waals surface area (Å²) in [5, 5.41) is 1.97. The lowest BCUT2D eigenvalue weighted by Gasteiger charge is -2.28. The van der Waals surface area contributed by atoms with Gasteiger partial charge >= 0.3 is 5.97 Å². The molecule has 0 aliphatic carbocycles. The van der Waals surface area contributed by atoms with Gasteiger partial charge < -0.3 is 9.64 Å². The molecule has 6 heteroatoms. The Hall–Kier alpha value is -2.99. The molecule has 3 aromatic rings. The zero-order valence-electron chi connectivity index (χ0n) is 29.3. The van der Waals surface area contributed by atoms with Gasteiger partial charge in [0.1, 0.15) is 0 Å². The molecule has 0 saturated carbocycles. The van der Waals surface area contributed by atoms with Crippen LogP contribution in [0.5, 0.6) is 0 Å². The van der Waals surface area contributed by atoms with E-state index in [1.165, 1.54) is 11.1 Å². The Balaban J connectivity index is 1.80. The number of carbonyl (C=O) groups is 2. The molecule has 240 valence electrons.